The van der Waals surface area contributed by atoms with E-state index in [-0.39, 0.29) is 11.3 Å². The summed E-state index contributed by atoms with van der Waals surface area (Å²) in [6.07, 6.45) is 0. The molecule has 0 spiro atoms. The number of aliphatic hydroxyl groups excluding tert-OH is 1. The van der Waals surface area contributed by atoms with Gasteiger partial charge in [-0.3, -0.25) is 9.59 Å². The average molecular weight is 369 g/mol. The van der Waals surface area contributed by atoms with Crippen LogP contribution < -0.4 is 19.5 Å². The van der Waals surface area contributed by atoms with E-state index in [0.717, 1.165) is 0 Å². The van der Waals surface area contributed by atoms with Gasteiger partial charge in [-0.1, -0.05) is 0 Å². The van der Waals surface area contributed by atoms with Crippen molar-refractivity contribution in [2.45, 2.75) is 6.04 Å². The van der Waals surface area contributed by atoms with E-state index in [4.69, 9.17) is 14.2 Å². The van der Waals surface area contributed by atoms with Crippen LogP contribution in [0.2, 0.25) is 0 Å². The molecule has 1 unspecified atom stereocenters. The normalized spacial score (nSPS) is 18.1. The van der Waals surface area contributed by atoms with E-state index < -0.39 is 17.7 Å². The van der Waals surface area contributed by atoms with Crippen molar-refractivity contribution >= 4 is 17.4 Å². The summed E-state index contributed by atoms with van der Waals surface area (Å²) in [4.78, 5) is 24.5. The summed E-state index contributed by atoms with van der Waals surface area (Å²) in [6, 6.07) is 10.7. The second kappa shape index (κ2) is 7.41. The van der Waals surface area contributed by atoms with Crippen molar-refractivity contribution in [2.75, 3.05) is 21.3 Å². The Bertz CT molecular complexity index is 917. The zero-order chi connectivity index (χ0) is 19.6. The summed E-state index contributed by atoms with van der Waals surface area (Å²) < 4.78 is 15.6. The van der Waals surface area contributed by atoms with Crippen LogP contribution in [0.5, 0.6) is 17.2 Å². The number of rotatable bonds is 5. The van der Waals surface area contributed by atoms with Crippen LogP contribution in [0.25, 0.3) is 5.76 Å². The zero-order valence-corrected chi connectivity index (χ0v) is 15.1. The van der Waals surface area contributed by atoms with Gasteiger partial charge in [-0.05, 0) is 36.4 Å². The highest BCUT2D eigenvalue weighted by Crippen LogP contribution is 2.38. The van der Waals surface area contributed by atoms with Gasteiger partial charge in [-0.25, -0.2) is 0 Å². The number of hydrogen-bond donors (Lipinski definition) is 2. The maximum Gasteiger partial charge on any atom is 0.293 e. The van der Waals surface area contributed by atoms with Gasteiger partial charge in [0.25, 0.3) is 11.7 Å². The lowest BCUT2D eigenvalue weighted by molar-refractivity contribution is -0.133. The van der Waals surface area contributed by atoms with Crippen LogP contribution in [-0.2, 0) is 9.59 Å². The fourth-order valence-electron chi connectivity index (χ4n) is 2.96. The van der Waals surface area contributed by atoms with Gasteiger partial charge in [0.15, 0.2) is 0 Å². The molecule has 2 aromatic rings. The Kier molecular flexibility index (Phi) is 5.03. The van der Waals surface area contributed by atoms with Gasteiger partial charge in [0.05, 0.1) is 32.9 Å². The zero-order valence-electron chi connectivity index (χ0n) is 15.1. The van der Waals surface area contributed by atoms with Crippen LogP contribution in [-0.4, -0.2) is 38.1 Å². The predicted molar refractivity (Wildman–Crippen MR) is 98.0 cm³/mol. The fraction of sp³-hybridized carbons (Fsp3) is 0.200. The number of benzene rings is 2. The molecule has 140 valence electrons. The molecule has 3 rings (SSSR count). The average Bonchev–Trinajstić information content (AvgIpc) is 3.01. The molecule has 7 heteroatoms. The number of carbonyl (C=O) groups is 2. The van der Waals surface area contributed by atoms with E-state index in [9.17, 15) is 14.7 Å². The van der Waals surface area contributed by atoms with E-state index in [2.05, 4.69) is 5.32 Å². The third-order valence-electron chi connectivity index (χ3n) is 4.39. The second-order valence-electron chi connectivity index (χ2n) is 5.83. The maximum atomic E-state index is 12.4. The molecule has 0 aromatic heterocycles. The number of hydrogen-bond acceptors (Lipinski definition) is 6. The van der Waals surface area contributed by atoms with E-state index in [1.165, 1.54) is 21.3 Å². The smallest absolute Gasteiger partial charge is 0.293 e. The Morgan fingerprint density at radius 1 is 0.926 bits per heavy atom. The quantitative estimate of drug-likeness (QED) is 0.478. The first-order chi connectivity index (χ1) is 13.0. The molecule has 0 radical (unpaired) electrons. The number of nitrogens with one attached hydrogen (secondary N) is 1. The largest absolute Gasteiger partial charge is 0.507 e. The van der Waals surface area contributed by atoms with Crippen molar-refractivity contribution in [3.63, 3.8) is 0 Å². The lowest BCUT2D eigenvalue weighted by atomic mass is 9.95. The highest BCUT2D eigenvalue weighted by atomic mass is 16.5. The Morgan fingerprint density at radius 2 is 1.56 bits per heavy atom. The molecule has 1 amide bonds. The van der Waals surface area contributed by atoms with Crippen molar-refractivity contribution in [1.82, 2.24) is 5.32 Å². The lowest BCUT2D eigenvalue weighted by Crippen LogP contribution is -2.21. The first-order valence-electron chi connectivity index (χ1n) is 8.14. The lowest BCUT2D eigenvalue weighted by Gasteiger charge is -2.17. The summed E-state index contributed by atoms with van der Waals surface area (Å²) in [6.45, 7) is 0. The minimum absolute atomic E-state index is 0.0337. The molecule has 1 aliphatic heterocycles. The second-order valence-corrected chi connectivity index (χ2v) is 5.83. The van der Waals surface area contributed by atoms with Crippen LogP contribution >= 0.6 is 0 Å². The number of methoxy groups -OCH3 is 3. The molecule has 1 atom stereocenters. The van der Waals surface area contributed by atoms with Crippen molar-refractivity contribution in [2.24, 2.45) is 0 Å². The molecule has 1 fully saturated rings. The summed E-state index contributed by atoms with van der Waals surface area (Å²) in [5.41, 5.74) is 0.898. The van der Waals surface area contributed by atoms with Crippen molar-refractivity contribution in [3.8, 4) is 17.2 Å². The van der Waals surface area contributed by atoms with Crippen LogP contribution in [0.15, 0.2) is 48.0 Å². The molecule has 1 aliphatic rings. The SMILES string of the molecule is COc1ccc(C(O)=C2C(=O)C(=O)NC2c2ccc(OC)cc2OC)cc1. The molecular formula is C20H19NO6. The van der Waals surface area contributed by atoms with Crippen molar-refractivity contribution in [1.29, 1.82) is 0 Å². The number of ether oxygens (including phenoxy) is 3. The summed E-state index contributed by atoms with van der Waals surface area (Å²) in [5.74, 6) is -0.245. The minimum atomic E-state index is -0.840. The van der Waals surface area contributed by atoms with Gasteiger partial charge in [-0.2, -0.15) is 0 Å². The highest BCUT2D eigenvalue weighted by molar-refractivity contribution is 6.46. The van der Waals surface area contributed by atoms with Gasteiger partial charge in [-0.15, -0.1) is 0 Å². The van der Waals surface area contributed by atoms with Crippen LogP contribution in [0.3, 0.4) is 0 Å². The van der Waals surface area contributed by atoms with Gasteiger partial charge in [0, 0.05) is 17.2 Å². The predicted octanol–water partition coefficient (Wildman–Crippen LogP) is 2.42. The van der Waals surface area contributed by atoms with Crippen molar-refractivity contribution in [3.05, 3.63) is 59.2 Å². The molecule has 0 bridgehead atoms. The fourth-order valence-corrected chi connectivity index (χ4v) is 2.96. The number of ketones is 1. The maximum absolute atomic E-state index is 12.4. The molecule has 1 heterocycles. The summed E-state index contributed by atoms with van der Waals surface area (Å²) >= 11 is 0. The third-order valence-corrected chi connectivity index (χ3v) is 4.39. The van der Waals surface area contributed by atoms with Crippen LogP contribution in [0.1, 0.15) is 17.2 Å². The molecule has 2 aromatic carbocycles. The molecule has 0 saturated carbocycles. The van der Waals surface area contributed by atoms with E-state index >= 15 is 0 Å². The van der Waals surface area contributed by atoms with Crippen LogP contribution in [0.4, 0.5) is 0 Å². The van der Waals surface area contributed by atoms with E-state index in [1.807, 2.05) is 0 Å². The Morgan fingerprint density at radius 3 is 2.15 bits per heavy atom. The number of Topliss-reactive ketones (excluding diaryl/α,β-unsaturated/α-hetero) is 1. The topological polar surface area (TPSA) is 94.1 Å². The number of aliphatic hydroxyl groups is 1. The molecule has 1 saturated heterocycles. The molecular weight excluding hydrogens is 350 g/mol. The van der Waals surface area contributed by atoms with Gasteiger partial charge in [0.2, 0.25) is 0 Å². The molecule has 2 N–H and O–H groups in total. The van der Waals surface area contributed by atoms with Crippen molar-refractivity contribution < 1.29 is 28.9 Å². The first kappa shape index (κ1) is 18.3. The Labute approximate surface area is 156 Å². The Balaban J connectivity index is 2.11. The van der Waals surface area contributed by atoms with Crippen LogP contribution in [0, 0.1) is 0 Å². The van der Waals surface area contributed by atoms with Gasteiger partial charge in [0.1, 0.15) is 23.0 Å². The molecule has 7 nitrogen and oxygen atoms in total. The third kappa shape index (κ3) is 3.31. The number of carbonyl (C=O) groups excluding carboxylic acids is 2. The first-order valence-corrected chi connectivity index (χ1v) is 8.14. The highest BCUT2D eigenvalue weighted by Gasteiger charge is 2.40. The molecule has 27 heavy (non-hydrogen) atoms. The van der Waals surface area contributed by atoms with E-state index in [0.29, 0.717) is 28.4 Å². The standard InChI is InChI=1S/C20H19NO6/c1-25-12-6-4-11(5-7-12)18(22)16-17(21-20(24)19(16)23)14-9-8-13(26-2)10-15(14)27-3/h4-10,17,22H,1-3H3,(H,21,24). The number of amides is 1. The minimum Gasteiger partial charge on any atom is -0.507 e. The van der Waals surface area contributed by atoms with Gasteiger partial charge >= 0.3 is 0 Å². The summed E-state index contributed by atoms with van der Waals surface area (Å²) in [7, 11) is 4.53. The van der Waals surface area contributed by atoms with E-state index in [1.54, 1.807) is 42.5 Å². The molecule has 0 aliphatic carbocycles. The van der Waals surface area contributed by atoms with Gasteiger partial charge < -0.3 is 24.6 Å². The monoisotopic (exact) mass is 369 g/mol. The Hall–Kier alpha value is -3.48. The summed E-state index contributed by atoms with van der Waals surface area (Å²) in [5, 5.41) is 13.3.